The number of carbonyl (C=O) groups is 2. The van der Waals surface area contributed by atoms with E-state index in [4.69, 9.17) is 0 Å². The zero-order valence-electron chi connectivity index (χ0n) is 22.7. The van der Waals surface area contributed by atoms with Crippen LogP contribution in [0.2, 0.25) is 0 Å². The van der Waals surface area contributed by atoms with Crippen LogP contribution in [0.1, 0.15) is 62.3 Å². The molecule has 2 amide bonds. The Kier molecular flexibility index (Phi) is 10.5. The lowest BCUT2D eigenvalue weighted by atomic mass is 10.1. The third-order valence-electron chi connectivity index (χ3n) is 6.70. The highest BCUT2D eigenvalue weighted by atomic mass is 32.2. The molecule has 2 unspecified atom stereocenters. The van der Waals surface area contributed by atoms with Gasteiger partial charge in [0.15, 0.2) is 0 Å². The number of carbonyl (C=O) groups excluding carboxylic acids is 2. The van der Waals surface area contributed by atoms with E-state index in [1.54, 1.807) is 17.9 Å². The fraction of sp³-hybridized carbons (Fsp3) is 0.500. The molecule has 2 atom stereocenters. The number of nitrogens with one attached hydrogen (secondary N) is 1. The molecule has 0 radical (unpaired) electrons. The lowest BCUT2D eigenvalue weighted by Crippen LogP contribution is -2.49. The minimum absolute atomic E-state index is 0.0108. The number of aryl methyl sites for hydroxylation is 3. The first kappa shape index (κ1) is 29.4. The van der Waals surface area contributed by atoms with Gasteiger partial charge in [-0.2, -0.15) is 0 Å². The average Bonchev–Trinajstić information content (AvgIpc) is 2.81. The molecular formula is C28H41N3O4S. The van der Waals surface area contributed by atoms with Crippen LogP contribution in [0.25, 0.3) is 0 Å². The maximum absolute atomic E-state index is 13.4. The summed E-state index contributed by atoms with van der Waals surface area (Å²) in [7, 11) is -3.52. The van der Waals surface area contributed by atoms with Crippen LogP contribution < -0.4 is 9.62 Å². The van der Waals surface area contributed by atoms with Crippen LogP contribution in [0.5, 0.6) is 0 Å². The molecule has 0 aliphatic rings. The van der Waals surface area contributed by atoms with Gasteiger partial charge in [-0.3, -0.25) is 13.9 Å². The summed E-state index contributed by atoms with van der Waals surface area (Å²) in [6.45, 7) is 12.1. The molecule has 0 spiro atoms. The van der Waals surface area contributed by atoms with Crippen LogP contribution in [-0.4, -0.2) is 50.0 Å². The van der Waals surface area contributed by atoms with E-state index in [0.29, 0.717) is 18.7 Å². The molecule has 0 aliphatic carbocycles. The lowest BCUT2D eigenvalue weighted by Gasteiger charge is -2.30. The van der Waals surface area contributed by atoms with Gasteiger partial charge in [-0.05, 0) is 81.8 Å². The fourth-order valence-electron chi connectivity index (χ4n) is 3.90. The first-order valence-corrected chi connectivity index (χ1v) is 14.4. The molecule has 0 aromatic heterocycles. The second-order valence-corrected chi connectivity index (χ2v) is 11.6. The Morgan fingerprint density at radius 3 is 2.22 bits per heavy atom. The van der Waals surface area contributed by atoms with Crippen LogP contribution in [0.3, 0.4) is 0 Å². The molecule has 36 heavy (non-hydrogen) atoms. The predicted octanol–water partition coefficient (Wildman–Crippen LogP) is 4.49. The summed E-state index contributed by atoms with van der Waals surface area (Å²) in [5.74, 6) is -0.377. The first-order valence-electron chi connectivity index (χ1n) is 12.5. The second kappa shape index (κ2) is 12.9. The molecular weight excluding hydrogens is 474 g/mol. The van der Waals surface area contributed by atoms with Gasteiger partial charge in [-0.25, -0.2) is 8.42 Å². The van der Waals surface area contributed by atoms with Crippen molar-refractivity contribution in [2.24, 2.45) is 0 Å². The minimum Gasteiger partial charge on any atom is -0.352 e. The number of hydrogen-bond acceptors (Lipinski definition) is 4. The molecule has 0 aliphatic heterocycles. The van der Waals surface area contributed by atoms with Crippen molar-refractivity contribution in [3.05, 3.63) is 64.7 Å². The summed E-state index contributed by atoms with van der Waals surface area (Å²) in [5, 5.41) is 2.97. The highest BCUT2D eigenvalue weighted by Crippen LogP contribution is 2.22. The van der Waals surface area contributed by atoms with E-state index < -0.39 is 16.1 Å². The summed E-state index contributed by atoms with van der Waals surface area (Å²) >= 11 is 0. The van der Waals surface area contributed by atoms with Gasteiger partial charge < -0.3 is 10.2 Å². The maximum atomic E-state index is 13.4. The molecule has 198 valence electrons. The zero-order valence-corrected chi connectivity index (χ0v) is 23.5. The quantitative estimate of drug-likeness (QED) is 0.451. The first-order chi connectivity index (χ1) is 16.8. The molecule has 2 aromatic carbocycles. The fourth-order valence-corrected chi connectivity index (χ4v) is 4.86. The highest BCUT2D eigenvalue weighted by molar-refractivity contribution is 7.92. The molecule has 2 aromatic rings. The number of anilines is 1. The Hall–Kier alpha value is -2.87. The molecule has 0 bridgehead atoms. The number of benzene rings is 2. The van der Waals surface area contributed by atoms with Gasteiger partial charge >= 0.3 is 0 Å². The molecule has 2 rings (SSSR count). The van der Waals surface area contributed by atoms with Gasteiger partial charge in [-0.1, -0.05) is 37.3 Å². The van der Waals surface area contributed by atoms with Crippen LogP contribution in [0, 0.1) is 20.8 Å². The molecule has 7 nitrogen and oxygen atoms in total. The van der Waals surface area contributed by atoms with E-state index in [1.165, 1.54) is 10.6 Å². The van der Waals surface area contributed by atoms with Crippen molar-refractivity contribution in [2.45, 2.75) is 79.4 Å². The molecule has 8 heteroatoms. The Bertz CT molecular complexity index is 1160. The van der Waals surface area contributed by atoms with Crippen molar-refractivity contribution in [1.82, 2.24) is 10.2 Å². The number of sulfonamides is 1. The van der Waals surface area contributed by atoms with E-state index >= 15 is 0 Å². The topological polar surface area (TPSA) is 86.8 Å². The van der Waals surface area contributed by atoms with E-state index in [2.05, 4.69) is 5.32 Å². The van der Waals surface area contributed by atoms with Gasteiger partial charge in [0.25, 0.3) is 0 Å². The minimum atomic E-state index is -3.52. The van der Waals surface area contributed by atoms with Crippen molar-refractivity contribution in [2.75, 3.05) is 17.1 Å². The Morgan fingerprint density at radius 2 is 1.64 bits per heavy atom. The van der Waals surface area contributed by atoms with Crippen LogP contribution in [0.15, 0.2) is 42.5 Å². The average molecular weight is 516 g/mol. The molecule has 0 fully saturated rings. The Balaban J connectivity index is 2.20. The predicted molar refractivity (Wildman–Crippen MR) is 146 cm³/mol. The van der Waals surface area contributed by atoms with Gasteiger partial charge in [0, 0.05) is 25.6 Å². The second-order valence-electron chi connectivity index (χ2n) is 9.65. The third kappa shape index (κ3) is 8.08. The summed E-state index contributed by atoms with van der Waals surface area (Å²) in [4.78, 5) is 27.9. The summed E-state index contributed by atoms with van der Waals surface area (Å²) in [5.41, 5.74) is 4.69. The van der Waals surface area contributed by atoms with E-state index in [0.717, 1.165) is 28.7 Å². The normalized spacial score (nSPS) is 13.1. The largest absolute Gasteiger partial charge is 0.352 e. The van der Waals surface area contributed by atoms with Crippen LogP contribution in [0.4, 0.5) is 5.69 Å². The molecule has 0 saturated carbocycles. The summed E-state index contributed by atoms with van der Waals surface area (Å²) in [6, 6.07) is 12.7. The van der Waals surface area contributed by atoms with Gasteiger partial charge in [-0.15, -0.1) is 0 Å². The van der Waals surface area contributed by atoms with E-state index in [-0.39, 0.29) is 30.8 Å². The smallest absolute Gasteiger partial charge is 0.242 e. The molecule has 0 saturated heterocycles. The number of hydrogen-bond donors (Lipinski definition) is 1. The Labute approximate surface area is 216 Å². The van der Waals surface area contributed by atoms with Crippen molar-refractivity contribution in [3.8, 4) is 0 Å². The molecule has 1 N–H and O–H groups in total. The Morgan fingerprint density at radius 1 is 0.972 bits per heavy atom. The van der Waals surface area contributed by atoms with Crippen molar-refractivity contribution in [1.29, 1.82) is 0 Å². The monoisotopic (exact) mass is 515 g/mol. The third-order valence-corrected chi connectivity index (χ3v) is 7.89. The van der Waals surface area contributed by atoms with Gasteiger partial charge in [0.2, 0.25) is 21.8 Å². The van der Waals surface area contributed by atoms with Crippen molar-refractivity contribution < 1.29 is 18.0 Å². The van der Waals surface area contributed by atoms with Crippen LogP contribution >= 0.6 is 0 Å². The highest BCUT2D eigenvalue weighted by Gasteiger charge is 2.27. The zero-order chi connectivity index (χ0) is 27.0. The van der Waals surface area contributed by atoms with Crippen LogP contribution in [-0.2, 0) is 26.2 Å². The van der Waals surface area contributed by atoms with Gasteiger partial charge in [0.1, 0.15) is 6.04 Å². The maximum Gasteiger partial charge on any atom is 0.242 e. The van der Waals surface area contributed by atoms with Gasteiger partial charge in [0.05, 0.1) is 11.9 Å². The standard InChI is InChI=1S/C28H41N3O4S/c1-8-23(5)29-28(33)24(6)30(19-25-13-10-9-12-21(25)3)27(32)14-11-17-31(36(7,34)35)26-16-15-20(2)22(4)18-26/h9-10,12-13,15-16,18,23-24H,8,11,14,17,19H2,1-7H3,(H,29,33). The number of nitrogens with zero attached hydrogens (tertiary/aromatic N) is 2. The lowest BCUT2D eigenvalue weighted by molar-refractivity contribution is -0.140. The van der Waals surface area contributed by atoms with Crippen molar-refractivity contribution >= 4 is 27.5 Å². The summed E-state index contributed by atoms with van der Waals surface area (Å²) in [6.07, 6.45) is 2.44. The SMILES string of the molecule is CCC(C)NC(=O)C(C)N(Cc1ccccc1C)C(=O)CCCN(c1ccc(C)c(C)c1)S(C)(=O)=O. The molecule has 0 heterocycles. The number of amides is 2. The van der Waals surface area contributed by atoms with E-state index in [1.807, 2.05) is 71.0 Å². The van der Waals surface area contributed by atoms with Crippen molar-refractivity contribution in [3.63, 3.8) is 0 Å². The number of rotatable bonds is 12. The van der Waals surface area contributed by atoms with E-state index in [9.17, 15) is 18.0 Å². The summed E-state index contributed by atoms with van der Waals surface area (Å²) < 4.78 is 26.4.